The first-order valence-electron chi connectivity index (χ1n) is 3.85. The molecule has 0 spiro atoms. The standard InChI is InChI=1S/C9H8F2O3/c10-6-1-5(2-7(11)4-6)3-8(12)9(13)14/h1-2,4,8,12H,3H2,(H,13,14). The number of carboxylic acids is 1. The Morgan fingerprint density at radius 3 is 2.21 bits per heavy atom. The molecule has 76 valence electrons. The molecule has 2 N–H and O–H groups in total. The summed E-state index contributed by atoms with van der Waals surface area (Å²) in [6.07, 6.45) is -1.96. The first kappa shape index (κ1) is 10.6. The van der Waals surface area contributed by atoms with Crippen molar-refractivity contribution in [3.05, 3.63) is 35.4 Å². The van der Waals surface area contributed by atoms with Gasteiger partial charge in [0.2, 0.25) is 0 Å². The number of aliphatic hydroxyl groups excluding tert-OH is 1. The summed E-state index contributed by atoms with van der Waals surface area (Å²) in [5.41, 5.74) is 0.109. The summed E-state index contributed by atoms with van der Waals surface area (Å²) < 4.78 is 25.2. The lowest BCUT2D eigenvalue weighted by molar-refractivity contribution is -0.146. The normalized spacial score (nSPS) is 12.5. The highest BCUT2D eigenvalue weighted by Gasteiger charge is 2.14. The summed E-state index contributed by atoms with van der Waals surface area (Å²) in [7, 11) is 0. The monoisotopic (exact) mass is 202 g/mol. The number of rotatable bonds is 3. The molecule has 3 nitrogen and oxygen atoms in total. The van der Waals surface area contributed by atoms with Crippen LogP contribution in [-0.4, -0.2) is 22.3 Å². The van der Waals surface area contributed by atoms with Crippen molar-refractivity contribution in [2.75, 3.05) is 0 Å². The molecule has 0 fully saturated rings. The third kappa shape index (κ3) is 2.77. The Kier molecular flexibility index (Phi) is 3.14. The lowest BCUT2D eigenvalue weighted by atomic mass is 10.1. The molecule has 0 saturated heterocycles. The van der Waals surface area contributed by atoms with E-state index in [0.717, 1.165) is 12.1 Å². The second-order valence-electron chi connectivity index (χ2n) is 2.84. The van der Waals surface area contributed by atoms with Crippen molar-refractivity contribution < 1.29 is 23.8 Å². The molecule has 1 atom stereocenters. The Balaban J connectivity index is 2.81. The third-order valence-electron chi connectivity index (χ3n) is 1.64. The molecule has 1 unspecified atom stereocenters. The highest BCUT2D eigenvalue weighted by molar-refractivity contribution is 5.72. The quantitative estimate of drug-likeness (QED) is 0.767. The maximum atomic E-state index is 12.6. The van der Waals surface area contributed by atoms with Gasteiger partial charge in [0.25, 0.3) is 0 Å². The van der Waals surface area contributed by atoms with E-state index in [2.05, 4.69) is 0 Å². The lowest BCUT2D eigenvalue weighted by Crippen LogP contribution is -2.22. The zero-order valence-electron chi connectivity index (χ0n) is 7.08. The van der Waals surface area contributed by atoms with E-state index in [4.69, 9.17) is 10.2 Å². The second-order valence-corrected chi connectivity index (χ2v) is 2.84. The molecule has 0 aromatic heterocycles. The molecule has 0 heterocycles. The van der Waals surface area contributed by atoms with E-state index in [1.54, 1.807) is 0 Å². The van der Waals surface area contributed by atoms with Gasteiger partial charge >= 0.3 is 5.97 Å². The Morgan fingerprint density at radius 2 is 1.79 bits per heavy atom. The van der Waals surface area contributed by atoms with Crippen molar-refractivity contribution in [1.29, 1.82) is 0 Å². The fourth-order valence-corrected chi connectivity index (χ4v) is 1.04. The summed E-state index contributed by atoms with van der Waals surface area (Å²) in [6.45, 7) is 0. The molecule has 14 heavy (non-hydrogen) atoms. The maximum Gasteiger partial charge on any atom is 0.332 e. The van der Waals surface area contributed by atoms with Gasteiger partial charge in [-0.1, -0.05) is 0 Å². The van der Waals surface area contributed by atoms with E-state index >= 15 is 0 Å². The van der Waals surface area contributed by atoms with Gasteiger partial charge in [-0.05, 0) is 17.7 Å². The summed E-state index contributed by atoms with van der Waals surface area (Å²) in [4.78, 5) is 10.2. The SMILES string of the molecule is O=C(O)C(O)Cc1cc(F)cc(F)c1. The summed E-state index contributed by atoms with van der Waals surface area (Å²) in [5, 5.41) is 17.3. The number of halogens is 2. The van der Waals surface area contributed by atoms with Gasteiger partial charge < -0.3 is 10.2 Å². The molecule has 0 saturated carbocycles. The van der Waals surface area contributed by atoms with Crippen molar-refractivity contribution >= 4 is 5.97 Å². The Labute approximate surface area is 78.6 Å². The van der Waals surface area contributed by atoms with Gasteiger partial charge in [-0.3, -0.25) is 0 Å². The van der Waals surface area contributed by atoms with Gasteiger partial charge in [-0.2, -0.15) is 0 Å². The summed E-state index contributed by atoms with van der Waals surface area (Å²) in [5.74, 6) is -3.01. The number of aliphatic hydroxyl groups is 1. The van der Waals surface area contributed by atoms with Crippen LogP contribution in [-0.2, 0) is 11.2 Å². The number of hydrogen-bond donors (Lipinski definition) is 2. The second kappa shape index (κ2) is 4.15. The van der Waals surface area contributed by atoms with Crippen LogP contribution in [0.4, 0.5) is 8.78 Å². The van der Waals surface area contributed by atoms with Crippen LogP contribution in [0.1, 0.15) is 5.56 Å². The average Bonchev–Trinajstić information content (AvgIpc) is 2.01. The first-order valence-corrected chi connectivity index (χ1v) is 3.85. The van der Waals surface area contributed by atoms with Crippen LogP contribution in [0.25, 0.3) is 0 Å². The fourth-order valence-electron chi connectivity index (χ4n) is 1.04. The van der Waals surface area contributed by atoms with Crippen molar-refractivity contribution in [3.8, 4) is 0 Å². The Morgan fingerprint density at radius 1 is 1.29 bits per heavy atom. The lowest BCUT2D eigenvalue weighted by Gasteiger charge is -2.05. The maximum absolute atomic E-state index is 12.6. The Bertz CT molecular complexity index is 332. The zero-order chi connectivity index (χ0) is 10.7. The summed E-state index contributed by atoms with van der Waals surface area (Å²) in [6, 6.07) is 2.64. The minimum atomic E-state index is -1.64. The highest BCUT2D eigenvalue weighted by atomic mass is 19.1. The topological polar surface area (TPSA) is 57.5 Å². The van der Waals surface area contributed by atoms with Crippen LogP contribution in [0.15, 0.2) is 18.2 Å². The molecular weight excluding hydrogens is 194 g/mol. The predicted molar refractivity (Wildman–Crippen MR) is 43.7 cm³/mol. The van der Waals surface area contributed by atoms with E-state index in [-0.39, 0.29) is 12.0 Å². The van der Waals surface area contributed by atoms with Crippen LogP contribution in [0.5, 0.6) is 0 Å². The van der Waals surface area contributed by atoms with E-state index in [0.29, 0.717) is 6.07 Å². The molecule has 0 aliphatic heterocycles. The van der Waals surface area contributed by atoms with E-state index in [9.17, 15) is 13.6 Å². The van der Waals surface area contributed by atoms with E-state index in [1.807, 2.05) is 0 Å². The molecule has 1 rings (SSSR count). The van der Waals surface area contributed by atoms with Crippen LogP contribution in [0.3, 0.4) is 0 Å². The zero-order valence-corrected chi connectivity index (χ0v) is 7.08. The van der Waals surface area contributed by atoms with Crippen LogP contribution >= 0.6 is 0 Å². The molecule has 0 bridgehead atoms. The van der Waals surface area contributed by atoms with Gasteiger partial charge in [0.05, 0.1) is 0 Å². The van der Waals surface area contributed by atoms with Gasteiger partial charge in [0.1, 0.15) is 11.6 Å². The van der Waals surface area contributed by atoms with Gasteiger partial charge in [-0.25, -0.2) is 13.6 Å². The smallest absolute Gasteiger partial charge is 0.332 e. The minimum absolute atomic E-state index is 0.109. The molecular formula is C9H8F2O3. The van der Waals surface area contributed by atoms with Crippen LogP contribution in [0.2, 0.25) is 0 Å². The Hall–Kier alpha value is -1.49. The summed E-state index contributed by atoms with van der Waals surface area (Å²) >= 11 is 0. The van der Waals surface area contributed by atoms with Crippen LogP contribution < -0.4 is 0 Å². The number of hydrogen-bond acceptors (Lipinski definition) is 2. The van der Waals surface area contributed by atoms with Gasteiger partial charge in [0, 0.05) is 12.5 Å². The third-order valence-corrected chi connectivity index (χ3v) is 1.64. The number of aliphatic carboxylic acids is 1. The number of carboxylic acid groups (broad SMARTS) is 1. The van der Waals surface area contributed by atoms with Gasteiger partial charge in [0.15, 0.2) is 6.10 Å². The van der Waals surface area contributed by atoms with Crippen molar-refractivity contribution in [3.63, 3.8) is 0 Å². The van der Waals surface area contributed by atoms with Crippen molar-refractivity contribution in [1.82, 2.24) is 0 Å². The fraction of sp³-hybridized carbons (Fsp3) is 0.222. The molecule has 1 aromatic carbocycles. The molecule has 5 heteroatoms. The van der Waals surface area contributed by atoms with Crippen LogP contribution in [0, 0.1) is 11.6 Å². The van der Waals surface area contributed by atoms with E-state index in [1.165, 1.54) is 0 Å². The van der Waals surface area contributed by atoms with Crippen molar-refractivity contribution in [2.45, 2.75) is 12.5 Å². The number of benzene rings is 1. The predicted octanol–water partition coefficient (Wildman–Crippen LogP) is 0.953. The average molecular weight is 202 g/mol. The van der Waals surface area contributed by atoms with Crippen molar-refractivity contribution in [2.24, 2.45) is 0 Å². The molecule has 0 aliphatic rings. The number of carbonyl (C=O) groups is 1. The van der Waals surface area contributed by atoms with E-state index < -0.39 is 23.7 Å². The minimum Gasteiger partial charge on any atom is -0.479 e. The molecule has 1 aromatic rings. The first-order chi connectivity index (χ1) is 6.49. The molecule has 0 amide bonds. The molecule has 0 aliphatic carbocycles. The van der Waals surface area contributed by atoms with Gasteiger partial charge in [-0.15, -0.1) is 0 Å². The largest absolute Gasteiger partial charge is 0.479 e. The molecule has 0 radical (unpaired) electrons. The highest BCUT2D eigenvalue weighted by Crippen LogP contribution is 2.10.